The summed E-state index contributed by atoms with van der Waals surface area (Å²) in [7, 11) is 0. The van der Waals surface area contributed by atoms with Crippen LogP contribution in [0.4, 0.5) is 0 Å². The first-order valence-electron chi connectivity index (χ1n) is 12.9. The average molecular weight is 584 g/mol. The second-order valence-corrected chi connectivity index (χ2v) is 9.78. The van der Waals surface area contributed by atoms with Gasteiger partial charge in [0, 0.05) is 6.42 Å². The molecule has 3 atom stereocenters. The van der Waals surface area contributed by atoms with E-state index >= 15 is 0 Å². The number of aryl methyl sites for hydroxylation is 1. The summed E-state index contributed by atoms with van der Waals surface area (Å²) in [6, 6.07) is 29.9. The van der Waals surface area contributed by atoms with Crippen molar-refractivity contribution in [2.24, 2.45) is 0 Å². The fraction of sp³-hybridized carbons (Fsp3) is 0.375. The van der Waals surface area contributed by atoms with Crippen molar-refractivity contribution in [2.75, 3.05) is 26.2 Å². The SMILES string of the molecule is C=CC[N+](CCC)(CCCc1ccccc1)CC(O)CC(C)c1ccccc1-c1ccccc1.[I-]. The number of benzene rings is 3. The van der Waals surface area contributed by atoms with E-state index in [1.807, 2.05) is 6.08 Å². The molecule has 35 heavy (non-hydrogen) atoms. The van der Waals surface area contributed by atoms with Crippen LogP contribution in [0.3, 0.4) is 0 Å². The zero-order chi connectivity index (χ0) is 24.2. The van der Waals surface area contributed by atoms with E-state index < -0.39 is 0 Å². The smallest absolute Gasteiger partial charge is 0.105 e. The molecule has 188 valence electrons. The molecule has 0 bridgehead atoms. The van der Waals surface area contributed by atoms with Gasteiger partial charge in [0.05, 0.1) is 19.6 Å². The third kappa shape index (κ3) is 8.89. The Morgan fingerprint density at radius 2 is 1.51 bits per heavy atom. The van der Waals surface area contributed by atoms with E-state index in [0.29, 0.717) is 0 Å². The van der Waals surface area contributed by atoms with Crippen molar-refractivity contribution in [2.45, 2.75) is 51.6 Å². The predicted molar refractivity (Wildman–Crippen MR) is 146 cm³/mol. The first-order chi connectivity index (χ1) is 16.6. The lowest BCUT2D eigenvalue weighted by molar-refractivity contribution is -0.925. The summed E-state index contributed by atoms with van der Waals surface area (Å²) in [5.41, 5.74) is 5.21. The Labute approximate surface area is 230 Å². The zero-order valence-electron chi connectivity index (χ0n) is 21.5. The Bertz CT molecular complexity index is 991. The Morgan fingerprint density at radius 3 is 2.17 bits per heavy atom. The minimum Gasteiger partial charge on any atom is -1.00 e. The van der Waals surface area contributed by atoms with E-state index in [0.717, 1.165) is 56.3 Å². The highest BCUT2D eigenvalue weighted by atomic mass is 127. The summed E-state index contributed by atoms with van der Waals surface area (Å²) < 4.78 is 0.918. The van der Waals surface area contributed by atoms with Gasteiger partial charge in [0.25, 0.3) is 0 Å². The summed E-state index contributed by atoms with van der Waals surface area (Å²) in [6.07, 6.45) is 5.78. The number of halogens is 1. The van der Waals surface area contributed by atoms with Gasteiger partial charge in [-0.2, -0.15) is 0 Å². The second kappa shape index (κ2) is 15.2. The van der Waals surface area contributed by atoms with Gasteiger partial charge in [-0.3, -0.25) is 0 Å². The molecule has 3 aromatic carbocycles. The van der Waals surface area contributed by atoms with E-state index in [1.54, 1.807) is 0 Å². The zero-order valence-corrected chi connectivity index (χ0v) is 23.6. The summed E-state index contributed by atoms with van der Waals surface area (Å²) >= 11 is 0. The van der Waals surface area contributed by atoms with Crippen molar-refractivity contribution in [3.8, 4) is 11.1 Å². The number of hydrogen-bond acceptors (Lipinski definition) is 1. The van der Waals surface area contributed by atoms with Crippen LogP contribution in [0.2, 0.25) is 0 Å². The Balaban J connectivity index is 0.00000432. The summed E-state index contributed by atoms with van der Waals surface area (Å²) in [5, 5.41) is 11.3. The van der Waals surface area contributed by atoms with Crippen molar-refractivity contribution >= 4 is 0 Å². The number of nitrogens with zero attached hydrogens (tertiary/aromatic N) is 1. The quantitative estimate of drug-likeness (QED) is 0.171. The van der Waals surface area contributed by atoms with Crippen LogP contribution in [0.15, 0.2) is 97.6 Å². The molecule has 0 spiro atoms. The van der Waals surface area contributed by atoms with E-state index in [1.165, 1.54) is 22.3 Å². The fourth-order valence-electron chi connectivity index (χ4n) is 5.43. The maximum Gasteiger partial charge on any atom is 0.105 e. The lowest BCUT2D eigenvalue weighted by Crippen LogP contribution is -3.00. The number of aliphatic hydroxyl groups is 1. The van der Waals surface area contributed by atoms with Gasteiger partial charge in [0.1, 0.15) is 12.6 Å². The lowest BCUT2D eigenvalue weighted by Gasteiger charge is -2.40. The Hall–Kier alpha value is -1.95. The lowest BCUT2D eigenvalue weighted by atomic mass is 9.88. The normalized spacial score (nSPS) is 14.4. The minimum absolute atomic E-state index is 0. The fourth-order valence-corrected chi connectivity index (χ4v) is 5.43. The predicted octanol–water partition coefficient (Wildman–Crippen LogP) is 4.26. The molecule has 3 aromatic rings. The van der Waals surface area contributed by atoms with E-state index in [9.17, 15) is 5.11 Å². The molecule has 3 rings (SSSR count). The van der Waals surface area contributed by atoms with Crippen LogP contribution in [0.25, 0.3) is 11.1 Å². The standard InChI is InChI=1S/C32H42NO.HI/c1-4-22-33(23-5-2,24-14-17-28-15-8-6-9-16-28)26-30(34)25-27(3)31-20-12-13-21-32(31)29-18-10-7-11-19-29;/h4,6-13,15-16,18-21,27,30,34H,1,5,14,17,22-26H2,2-3H3;1H/q+1;/p-1. The molecule has 0 heterocycles. The molecule has 1 N–H and O–H groups in total. The van der Waals surface area contributed by atoms with Gasteiger partial charge < -0.3 is 33.6 Å². The van der Waals surface area contributed by atoms with Crippen LogP contribution >= 0.6 is 0 Å². The highest BCUT2D eigenvalue weighted by Crippen LogP contribution is 2.32. The van der Waals surface area contributed by atoms with Crippen molar-refractivity contribution in [3.63, 3.8) is 0 Å². The van der Waals surface area contributed by atoms with Gasteiger partial charge in [0.15, 0.2) is 0 Å². The van der Waals surface area contributed by atoms with Gasteiger partial charge >= 0.3 is 0 Å². The molecular weight excluding hydrogens is 541 g/mol. The van der Waals surface area contributed by atoms with E-state index in [4.69, 9.17) is 0 Å². The van der Waals surface area contributed by atoms with E-state index in [2.05, 4.69) is 105 Å². The molecular formula is C32H42INO. The van der Waals surface area contributed by atoms with Crippen LogP contribution in [-0.2, 0) is 6.42 Å². The molecule has 0 aromatic heterocycles. The molecule has 0 amide bonds. The molecule has 2 nitrogen and oxygen atoms in total. The van der Waals surface area contributed by atoms with Crippen LogP contribution in [-0.4, -0.2) is 41.9 Å². The Morgan fingerprint density at radius 1 is 0.886 bits per heavy atom. The number of aliphatic hydroxyl groups excluding tert-OH is 1. The highest BCUT2D eigenvalue weighted by molar-refractivity contribution is 5.67. The third-order valence-corrected chi connectivity index (χ3v) is 6.96. The molecule has 0 aliphatic rings. The van der Waals surface area contributed by atoms with Crippen LogP contribution in [0.1, 0.15) is 50.2 Å². The van der Waals surface area contributed by atoms with Crippen LogP contribution in [0, 0.1) is 0 Å². The van der Waals surface area contributed by atoms with Gasteiger partial charge in [0.2, 0.25) is 0 Å². The van der Waals surface area contributed by atoms with Gasteiger partial charge in [-0.1, -0.05) is 105 Å². The molecule has 3 heteroatoms. The molecule has 3 unspecified atom stereocenters. The number of rotatable bonds is 14. The summed E-state index contributed by atoms with van der Waals surface area (Å²) in [6.45, 7) is 12.4. The number of quaternary nitrogens is 1. The molecule has 0 radical (unpaired) electrons. The molecule has 0 saturated carbocycles. The highest BCUT2D eigenvalue weighted by Gasteiger charge is 2.29. The van der Waals surface area contributed by atoms with Gasteiger partial charge in [-0.25, -0.2) is 0 Å². The van der Waals surface area contributed by atoms with Gasteiger partial charge in [-0.05, 0) is 53.5 Å². The van der Waals surface area contributed by atoms with E-state index in [-0.39, 0.29) is 36.0 Å². The molecule has 0 aliphatic heterocycles. The maximum absolute atomic E-state index is 11.3. The Kier molecular flexibility index (Phi) is 12.7. The van der Waals surface area contributed by atoms with Crippen LogP contribution in [0.5, 0.6) is 0 Å². The average Bonchev–Trinajstić information content (AvgIpc) is 2.85. The van der Waals surface area contributed by atoms with Crippen molar-refractivity contribution < 1.29 is 33.6 Å². The van der Waals surface area contributed by atoms with Crippen molar-refractivity contribution in [1.29, 1.82) is 0 Å². The summed E-state index contributed by atoms with van der Waals surface area (Å²) in [4.78, 5) is 0. The first-order valence-corrected chi connectivity index (χ1v) is 12.9. The molecule has 0 fully saturated rings. The van der Waals surface area contributed by atoms with Crippen LogP contribution < -0.4 is 24.0 Å². The second-order valence-electron chi connectivity index (χ2n) is 9.78. The molecule has 0 saturated heterocycles. The minimum atomic E-state index is -0.345. The number of hydrogen-bond donors (Lipinski definition) is 1. The van der Waals surface area contributed by atoms with Gasteiger partial charge in [-0.15, -0.1) is 0 Å². The molecule has 0 aliphatic carbocycles. The van der Waals surface area contributed by atoms with Crippen molar-refractivity contribution in [3.05, 3.63) is 109 Å². The topological polar surface area (TPSA) is 20.2 Å². The first kappa shape index (κ1) is 29.3. The monoisotopic (exact) mass is 583 g/mol. The maximum atomic E-state index is 11.3. The van der Waals surface area contributed by atoms with Crippen molar-refractivity contribution in [1.82, 2.24) is 0 Å². The third-order valence-electron chi connectivity index (χ3n) is 6.96. The summed E-state index contributed by atoms with van der Waals surface area (Å²) in [5.74, 6) is 0.281. The largest absolute Gasteiger partial charge is 1.00 e.